The quantitative estimate of drug-likeness (QED) is 0.544. The van der Waals surface area contributed by atoms with Gasteiger partial charge in [0.15, 0.2) is 0 Å². The van der Waals surface area contributed by atoms with E-state index in [0.29, 0.717) is 5.00 Å². The van der Waals surface area contributed by atoms with Crippen molar-refractivity contribution >= 4 is 45.2 Å². The van der Waals surface area contributed by atoms with Gasteiger partial charge >= 0.3 is 6.03 Å². The Morgan fingerprint density at radius 2 is 2.00 bits per heavy atom. The second kappa shape index (κ2) is 7.19. The van der Waals surface area contributed by atoms with Crippen LogP contribution in [0.4, 0.5) is 9.80 Å². The van der Waals surface area contributed by atoms with Crippen LogP contribution in [0.1, 0.15) is 37.1 Å². The van der Waals surface area contributed by atoms with Crippen LogP contribution in [-0.4, -0.2) is 44.8 Å². The highest BCUT2D eigenvalue weighted by Crippen LogP contribution is 2.43. The number of benzene rings is 1. The molecule has 9 heteroatoms. The number of carbonyl (C=O) groups is 3. The Kier molecular flexibility index (Phi) is 4.58. The second-order valence-electron chi connectivity index (χ2n) is 8.51. The van der Waals surface area contributed by atoms with Gasteiger partial charge in [-0.15, -0.1) is 11.3 Å². The topological polar surface area (TPSA) is 107 Å². The average Bonchev–Trinajstić information content (AvgIpc) is 3.35. The van der Waals surface area contributed by atoms with Gasteiger partial charge in [-0.05, 0) is 57.2 Å². The van der Waals surface area contributed by atoms with Crippen molar-refractivity contribution in [2.24, 2.45) is 0 Å². The SMILES string of the molecule is CC1(C)NC(=O)N(CC(=O)Nc2sc3c(c2-c2nc4ccccc4[nH]2)CCCC3)C1=O. The molecular formula is C22H23N5O3S. The molecule has 0 atom stereocenters. The third kappa shape index (κ3) is 3.38. The van der Waals surface area contributed by atoms with E-state index in [1.807, 2.05) is 24.3 Å². The molecule has 0 radical (unpaired) electrons. The van der Waals surface area contributed by atoms with Crippen molar-refractivity contribution in [1.29, 1.82) is 0 Å². The van der Waals surface area contributed by atoms with Crippen LogP contribution in [0.5, 0.6) is 0 Å². The van der Waals surface area contributed by atoms with E-state index in [0.717, 1.165) is 53.0 Å². The minimum absolute atomic E-state index is 0.323. The number of carbonyl (C=O) groups excluding carboxylic acids is 3. The molecule has 1 aliphatic carbocycles. The molecule has 31 heavy (non-hydrogen) atoms. The lowest BCUT2D eigenvalue weighted by Gasteiger charge is -2.15. The van der Waals surface area contributed by atoms with Crippen LogP contribution in [0, 0.1) is 0 Å². The molecule has 0 spiro atoms. The van der Waals surface area contributed by atoms with Crippen LogP contribution >= 0.6 is 11.3 Å². The maximum absolute atomic E-state index is 12.8. The Labute approximate surface area is 183 Å². The van der Waals surface area contributed by atoms with Gasteiger partial charge in [-0.2, -0.15) is 0 Å². The summed E-state index contributed by atoms with van der Waals surface area (Å²) >= 11 is 1.56. The zero-order chi connectivity index (χ0) is 21.8. The first-order valence-electron chi connectivity index (χ1n) is 10.4. The number of para-hydroxylation sites is 2. The number of fused-ring (bicyclic) bond motifs is 2. The predicted molar refractivity (Wildman–Crippen MR) is 119 cm³/mol. The number of hydrogen-bond donors (Lipinski definition) is 3. The fraction of sp³-hybridized carbons (Fsp3) is 0.364. The van der Waals surface area contributed by atoms with Gasteiger partial charge in [-0.3, -0.25) is 14.5 Å². The highest BCUT2D eigenvalue weighted by molar-refractivity contribution is 7.17. The molecule has 0 saturated carbocycles. The maximum Gasteiger partial charge on any atom is 0.325 e. The van der Waals surface area contributed by atoms with Crippen LogP contribution < -0.4 is 10.6 Å². The van der Waals surface area contributed by atoms with E-state index in [1.165, 1.54) is 10.4 Å². The Morgan fingerprint density at radius 1 is 1.23 bits per heavy atom. The van der Waals surface area contributed by atoms with Gasteiger partial charge < -0.3 is 15.6 Å². The molecule has 0 bridgehead atoms. The van der Waals surface area contributed by atoms with Crippen LogP contribution in [0.25, 0.3) is 22.4 Å². The molecule has 1 aliphatic heterocycles. The van der Waals surface area contributed by atoms with Crippen molar-refractivity contribution in [3.05, 3.63) is 34.7 Å². The van der Waals surface area contributed by atoms with Crippen LogP contribution in [-0.2, 0) is 22.4 Å². The Balaban J connectivity index is 1.47. The summed E-state index contributed by atoms with van der Waals surface area (Å²) in [6, 6.07) is 7.27. The molecule has 160 valence electrons. The van der Waals surface area contributed by atoms with Crippen molar-refractivity contribution in [3.8, 4) is 11.4 Å². The minimum Gasteiger partial charge on any atom is -0.338 e. The van der Waals surface area contributed by atoms with Gasteiger partial charge in [-0.25, -0.2) is 9.78 Å². The van der Waals surface area contributed by atoms with E-state index in [1.54, 1.807) is 25.2 Å². The van der Waals surface area contributed by atoms with Crippen LogP contribution in [0.3, 0.4) is 0 Å². The van der Waals surface area contributed by atoms with Crippen molar-refractivity contribution in [1.82, 2.24) is 20.2 Å². The zero-order valence-electron chi connectivity index (χ0n) is 17.4. The summed E-state index contributed by atoms with van der Waals surface area (Å²) < 4.78 is 0. The lowest BCUT2D eigenvalue weighted by molar-refractivity contribution is -0.132. The number of anilines is 1. The molecule has 5 rings (SSSR count). The first-order chi connectivity index (χ1) is 14.8. The summed E-state index contributed by atoms with van der Waals surface area (Å²) in [4.78, 5) is 47.7. The van der Waals surface area contributed by atoms with E-state index in [-0.39, 0.29) is 6.54 Å². The smallest absolute Gasteiger partial charge is 0.325 e. The number of nitrogens with one attached hydrogen (secondary N) is 3. The molecule has 1 aromatic carbocycles. The summed E-state index contributed by atoms with van der Waals surface area (Å²) in [5, 5.41) is 6.26. The largest absolute Gasteiger partial charge is 0.338 e. The summed E-state index contributed by atoms with van der Waals surface area (Å²) in [6.07, 6.45) is 4.14. The molecule has 3 aromatic rings. The third-order valence-electron chi connectivity index (χ3n) is 5.80. The number of H-pyrrole nitrogens is 1. The highest BCUT2D eigenvalue weighted by atomic mass is 32.1. The zero-order valence-corrected chi connectivity index (χ0v) is 18.2. The summed E-state index contributed by atoms with van der Waals surface area (Å²) in [5.41, 5.74) is 2.95. The van der Waals surface area contributed by atoms with Gasteiger partial charge in [-0.1, -0.05) is 12.1 Å². The fourth-order valence-electron chi connectivity index (χ4n) is 4.25. The molecular weight excluding hydrogens is 414 g/mol. The molecule has 3 heterocycles. The Morgan fingerprint density at radius 3 is 2.74 bits per heavy atom. The van der Waals surface area contributed by atoms with E-state index in [2.05, 4.69) is 15.6 Å². The number of amides is 4. The Hall–Kier alpha value is -3.20. The standard InChI is InChI=1S/C22H23N5O3S/c1-22(2)20(29)27(21(30)26-22)11-16(28)25-19-17(12-7-3-6-10-15(12)31-19)18-23-13-8-4-5-9-14(13)24-18/h4-5,8-9H,3,6-7,10-11H2,1-2H3,(H,23,24)(H,25,28)(H,26,30). The monoisotopic (exact) mass is 437 g/mol. The number of nitrogens with zero attached hydrogens (tertiary/aromatic N) is 2. The van der Waals surface area contributed by atoms with E-state index in [9.17, 15) is 14.4 Å². The maximum atomic E-state index is 12.8. The normalized spacial score (nSPS) is 17.7. The van der Waals surface area contributed by atoms with Gasteiger partial charge in [0.05, 0.1) is 16.6 Å². The van der Waals surface area contributed by atoms with Crippen LogP contribution in [0.15, 0.2) is 24.3 Å². The van der Waals surface area contributed by atoms with Gasteiger partial charge in [0.25, 0.3) is 5.91 Å². The van der Waals surface area contributed by atoms with Crippen molar-refractivity contribution in [2.75, 3.05) is 11.9 Å². The number of aromatic nitrogens is 2. The number of hydrogen-bond acceptors (Lipinski definition) is 5. The summed E-state index contributed by atoms with van der Waals surface area (Å²) in [7, 11) is 0. The number of rotatable bonds is 4. The number of imide groups is 1. The third-order valence-corrected chi connectivity index (χ3v) is 7.00. The number of thiophene rings is 1. The molecule has 1 fully saturated rings. The minimum atomic E-state index is -1.00. The van der Waals surface area contributed by atoms with Crippen LogP contribution in [0.2, 0.25) is 0 Å². The van der Waals surface area contributed by atoms with Gasteiger partial charge in [0.2, 0.25) is 5.91 Å². The first kappa shape index (κ1) is 19.7. The Bertz CT molecular complexity index is 1190. The van der Waals surface area contributed by atoms with Gasteiger partial charge in [0.1, 0.15) is 22.9 Å². The summed E-state index contributed by atoms with van der Waals surface area (Å²) in [5.74, 6) is -0.0835. The molecule has 8 nitrogen and oxygen atoms in total. The summed E-state index contributed by atoms with van der Waals surface area (Å²) in [6.45, 7) is 2.92. The lowest BCUT2D eigenvalue weighted by atomic mass is 9.95. The molecule has 2 aromatic heterocycles. The predicted octanol–water partition coefficient (Wildman–Crippen LogP) is 3.44. The van der Waals surface area contributed by atoms with Crippen molar-refractivity contribution in [3.63, 3.8) is 0 Å². The number of urea groups is 1. The molecule has 1 saturated heterocycles. The van der Waals surface area contributed by atoms with Gasteiger partial charge in [0, 0.05) is 4.88 Å². The highest BCUT2D eigenvalue weighted by Gasteiger charge is 2.45. The number of aromatic amines is 1. The van der Waals surface area contributed by atoms with E-state index >= 15 is 0 Å². The molecule has 3 N–H and O–H groups in total. The number of aryl methyl sites for hydroxylation is 1. The average molecular weight is 438 g/mol. The second-order valence-corrected chi connectivity index (χ2v) is 9.62. The van der Waals surface area contributed by atoms with Crippen molar-refractivity contribution < 1.29 is 14.4 Å². The lowest BCUT2D eigenvalue weighted by Crippen LogP contribution is -2.41. The number of imidazole rings is 1. The first-order valence-corrected chi connectivity index (χ1v) is 11.2. The molecule has 4 amide bonds. The fourth-order valence-corrected chi connectivity index (χ4v) is 5.55. The van der Waals surface area contributed by atoms with E-state index < -0.39 is 23.4 Å². The molecule has 2 aliphatic rings. The van der Waals surface area contributed by atoms with Crippen molar-refractivity contribution in [2.45, 2.75) is 45.1 Å². The molecule has 0 unspecified atom stereocenters. The van der Waals surface area contributed by atoms with E-state index in [4.69, 9.17) is 4.98 Å².